The van der Waals surface area contributed by atoms with Crippen molar-refractivity contribution in [2.24, 2.45) is 0 Å². The Morgan fingerprint density at radius 2 is 1.69 bits per heavy atom. The smallest absolute Gasteiger partial charge is 0.267 e. The lowest BCUT2D eigenvalue weighted by atomic mass is 10.0. The molecule has 3 heterocycles. The van der Waals surface area contributed by atoms with Crippen molar-refractivity contribution in [3.63, 3.8) is 0 Å². The third-order valence-corrected chi connectivity index (χ3v) is 6.96. The summed E-state index contributed by atoms with van der Waals surface area (Å²) >= 11 is 0. The first-order chi connectivity index (χ1) is 17.0. The molecule has 1 aliphatic rings. The zero-order valence-corrected chi connectivity index (χ0v) is 20.5. The van der Waals surface area contributed by atoms with Gasteiger partial charge in [-0.1, -0.05) is 6.07 Å². The molecule has 1 aromatic carbocycles. The summed E-state index contributed by atoms with van der Waals surface area (Å²) in [6, 6.07) is 5.61. The largest absolute Gasteiger partial charge is 0.480 e. The lowest BCUT2D eigenvalue weighted by Crippen LogP contribution is -2.16. The highest BCUT2D eigenvalue weighted by molar-refractivity contribution is 7.92. The molecule has 0 aliphatic carbocycles. The fourth-order valence-electron chi connectivity index (χ4n) is 3.52. The Kier molecular flexibility index (Phi) is 6.63. The number of methoxy groups -OCH3 is 1. The van der Waals surface area contributed by atoms with E-state index >= 15 is 4.39 Å². The van der Waals surface area contributed by atoms with Gasteiger partial charge in [0.1, 0.15) is 17.5 Å². The number of halogens is 3. The zero-order chi connectivity index (χ0) is 26.2. The highest BCUT2D eigenvalue weighted by Gasteiger charge is 2.25. The van der Waals surface area contributed by atoms with Crippen molar-refractivity contribution in [2.45, 2.75) is 25.7 Å². The Balaban J connectivity index is 1.67. The number of pyridine rings is 2. The third kappa shape index (κ3) is 4.71. The van der Waals surface area contributed by atoms with E-state index in [0.717, 1.165) is 48.2 Å². The minimum Gasteiger partial charge on any atom is -0.480 e. The van der Waals surface area contributed by atoms with E-state index in [1.165, 1.54) is 12.3 Å². The average Bonchev–Trinajstić information content (AvgIpc) is 3.19. The van der Waals surface area contributed by atoms with Crippen LogP contribution in [0.25, 0.3) is 16.7 Å². The number of nitrogens with zero attached hydrogens (tertiary/aromatic N) is 2. The van der Waals surface area contributed by atoms with Crippen molar-refractivity contribution >= 4 is 21.3 Å². The first kappa shape index (κ1) is 25.0. The van der Waals surface area contributed by atoms with Crippen molar-refractivity contribution < 1.29 is 26.3 Å². The average molecular weight is 518 g/mol. The van der Waals surface area contributed by atoms with E-state index in [4.69, 9.17) is 4.74 Å². The highest BCUT2D eigenvalue weighted by atomic mass is 32.2. The number of sulfonamides is 1. The van der Waals surface area contributed by atoms with E-state index in [1.807, 2.05) is 25.5 Å². The van der Waals surface area contributed by atoms with Gasteiger partial charge in [-0.05, 0) is 39.0 Å². The molecule has 3 N–H and O–H groups in total. The normalized spacial score (nSPS) is 13.4. The molecule has 1 aliphatic heterocycles. The predicted octanol–water partition coefficient (Wildman–Crippen LogP) is 4.50. The molecular weight excluding hydrogens is 495 g/mol. The van der Waals surface area contributed by atoms with E-state index < -0.39 is 43.6 Å². The van der Waals surface area contributed by atoms with Gasteiger partial charge in [0.25, 0.3) is 10.0 Å². The number of rotatable bonds is 6. The van der Waals surface area contributed by atoms with Crippen LogP contribution in [-0.4, -0.2) is 25.5 Å². The molecule has 36 heavy (non-hydrogen) atoms. The summed E-state index contributed by atoms with van der Waals surface area (Å²) < 4.78 is 76.2. The lowest BCUT2D eigenvalue weighted by Gasteiger charge is -2.14. The summed E-state index contributed by atoms with van der Waals surface area (Å²) in [4.78, 5) is 7.25. The summed E-state index contributed by atoms with van der Waals surface area (Å²) in [5.74, 6) is -2.65. The van der Waals surface area contributed by atoms with Gasteiger partial charge in [-0.2, -0.15) is 0 Å². The van der Waals surface area contributed by atoms with Gasteiger partial charge in [0.05, 0.1) is 30.3 Å². The third-order valence-electron chi connectivity index (χ3n) is 5.60. The maximum Gasteiger partial charge on any atom is 0.267 e. The molecule has 0 spiro atoms. The molecular formula is C24H22F3N5O3S. The second-order valence-electron chi connectivity index (χ2n) is 7.98. The fraction of sp³-hybridized carbons (Fsp3) is 0.167. The summed E-state index contributed by atoms with van der Waals surface area (Å²) in [5, 5.41) is 6.41. The summed E-state index contributed by atoms with van der Waals surface area (Å²) in [5.41, 5.74) is 2.37. The van der Waals surface area contributed by atoms with Crippen LogP contribution in [0.15, 0.2) is 64.8 Å². The Morgan fingerprint density at radius 3 is 2.31 bits per heavy atom. The number of allylic oxidation sites excluding steroid dienone is 3. The van der Waals surface area contributed by atoms with Crippen molar-refractivity contribution in [1.82, 2.24) is 20.6 Å². The minimum absolute atomic E-state index is 0.0930. The van der Waals surface area contributed by atoms with Crippen LogP contribution < -0.4 is 20.1 Å². The molecule has 0 bridgehead atoms. The molecule has 4 rings (SSSR count). The minimum atomic E-state index is -4.53. The van der Waals surface area contributed by atoms with Gasteiger partial charge in [-0.25, -0.2) is 26.6 Å². The van der Waals surface area contributed by atoms with Crippen molar-refractivity contribution in [3.05, 3.63) is 83.1 Å². The molecule has 0 amide bonds. The number of benzene rings is 1. The van der Waals surface area contributed by atoms with Crippen LogP contribution in [0.3, 0.4) is 0 Å². The van der Waals surface area contributed by atoms with Gasteiger partial charge in [0.15, 0.2) is 10.7 Å². The summed E-state index contributed by atoms with van der Waals surface area (Å²) in [6.45, 7) is 5.69. The molecule has 2 aromatic heterocycles. The van der Waals surface area contributed by atoms with E-state index in [2.05, 4.69) is 20.6 Å². The van der Waals surface area contributed by atoms with E-state index in [0.29, 0.717) is 11.8 Å². The van der Waals surface area contributed by atoms with Crippen molar-refractivity contribution in [2.75, 3.05) is 11.8 Å². The second kappa shape index (κ2) is 9.53. The Labute approximate surface area is 206 Å². The van der Waals surface area contributed by atoms with Crippen LogP contribution in [0.1, 0.15) is 26.5 Å². The SMILES string of the molecule is COc1ncc(F)cc1S(=O)(=O)Nc1ccc(F)c(-c2ccc(C(C)=C3NC(C)=C(C)N3)nc2)c1F. The molecule has 0 unspecified atom stereocenters. The van der Waals surface area contributed by atoms with Gasteiger partial charge in [-0.3, -0.25) is 9.71 Å². The van der Waals surface area contributed by atoms with Crippen LogP contribution in [0.4, 0.5) is 18.9 Å². The van der Waals surface area contributed by atoms with Gasteiger partial charge in [0, 0.05) is 34.8 Å². The molecule has 0 atom stereocenters. The molecule has 188 valence electrons. The number of hydrogen-bond donors (Lipinski definition) is 3. The fourth-order valence-corrected chi connectivity index (χ4v) is 4.71. The monoisotopic (exact) mass is 517 g/mol. The molecule has 0 saturated carbocycles. The van der Waals surface area contributed by atoms with Crippen LogP contribution in [-0.2, 0) is 10.0 Å². The Hall–Kier alpha value is -4.06. The molecule has 12 heteroatoms. The van der Waals surface area contributed by atoms with Gasteiger partial charge < -0.3 is 15.4 Å². The number of ether oxygens (including phenoxy) is 1. The van der Waals surface area contributed by atoms with Crippen LogP contribution in [0.5, 0.6) is 5.88 Å². The molecule has 8 nitrogen and oxygen atoms in total. The molecule has 0 saturated heterocycles. The van der Waals surface area contributed by atoms with Crippen molar-refractivity contribution in [3.8, 4) is 17.0 Å². The molecule has 3 aromatic rings. The lowest BCUT2D eigenvalue weighted by molar-refractivity contribution is 0.382. The van der Waals surface area contributed by atoms with Crippen molar-refractivity contribution in [1.29, 1.82) is 0 Å². The quantitative estimate of drug-likeness (QED) is 0.442. The highest BCUT2D eigenvalue weighted by Crippen LogP contribution is 2.33. The van der Waals surface area contributed by atoms with E-state index in [1.54, 1.807) is 6.07 Å². The zero-order valence-electron chi connectivity index (χ0n) is 19.7. The summed E-state index contributed by atoms with van der Waals surface area (Å²) in [6.07, 6.45) is 2.07. The van der Waals surface area contributed by atoms with Crippen LogP contribution in [0.2, 0.25) is 0 Å². The predicted molar refractivity (Wildman–Crippen MR) is 128 cm³/mol. The van der Waals surface area contributed by atoms with E-state index in [9.17, 15) is 17.2 Å². The topological polar surface area (TPSA) is 105 Å². The molecule has 0 fully saturated rings. The summed E-state index contributed by atoms with van der Waals surface area (Å²) in [7, 11) is -3.37. The second-order valence-corrected chi connectivity index (χ2v) is 9.63. The van der Waals surface area contributed by atoms with Crippen LogP contribution in [0, 0.1) is 17.5 Å². The van der Waals surface area contributed by atoms with Crippen LogP contribution >= 0.6 is 0 Å². The number of anilines is 1. The number of nitrogens with one attached hydrogen (secondary N) is 3. The van der Waals surface area contributed by atoms with E-state index in [-0.39, 0.29) is 11.4 Å². The standard InChI is InChI=1S/C24H22F3N5O3S/c1-12(23-30-13(2)14(3)31-23)18-7-5-15(10-28-18)21-17(26)6-8-19(22(21)27)32-36(33,34)20-9-16(25)11-29-24(20)35-4/h5-11,30-32H,1-4H3. The maximum absolute atomic E-state index is 15.4. The first-order valence-electron chi connectivity index (χ1n) is 10.6. The van der Waals surface area contributed by atoms with Gasteiger partial charge in [0.2, 0.25) is 5.88 Å². The number of hydrogen-bond acceptors (Lipinski definition) is 7. The van der Waals surface area contributed by atoms with Gasteiger partial charge >= 0.3 is 0 Å². The number of aromatic nitrogens is 2. The Bertz CT molecular complexity index is 1500. The first-order valence-corrected chi connectivity index (χ1v) is 12.1. The van der Waals surface area contributed by atoms with Gasteiger partial charge in [-0.15, -0.1) is 0 Å². The molecule has 0 radical (unpaired) electrons. The Morgan fingerprint density at radius 1 is 1.00 bits per heavy atom. The maximum atomic E-state index is 15.4.